The van der Waals surface area contributed by atoms with Crippen LogP contribution in [0, 0.1) is 0 Å². The first-order valence-electron chi connectivity index (χ1n) is 8.01. The van der Waals surface area contributed by atoms with E-state index in [0.29, 0.717) is 11.3 Å². The lowest BCUT2D eigenvalue weighted by atomic mass is 9.94. The Kier molecular flexibility index (Phi) is 6.05. The van der Waals surface area contributed by atoms with Crippen molar-refractivity contribution in [1.82, 2.24) is 10.2 Å². The van der Waals surface area contributed by atoms with Crippen molar-refractivity contribution in [3.63, 3.8) is 0 Å². The topological polar surface area (TPSA) is 58.4 Å². The molecule has 0 bridgehead atoms. The van der Waals surface area contributed by atoms with Crippen molar-refractivity contribution in [2.75, 3.05) is 25.9 Å². The van der Waals surface area contributed by atoms with E-state index in [1.54, 1.807) is 24.3 Å². The molecule has 2 rings (SSSR count). The van der Waals surface area contributed by atoms with Crippen molar-refractivity contribution in [2.45, 2.75) is 44.6 Å². The summed E-state index contributed by atoms with van der Waals surface area (Å²) in [5.41, 5.74) is 6.97. The van der Waals surface area contributed by atoms with Gasteiger partial charge in [-0.05, 0) is 57.1 Å². The van der Waals surface area contributed by atoms with Crippen molar-refractivity contribution in [1.29, 1.82) is 0 Å². The van der Waals surface area contributed by atoms with Crippen LogP contribution in [-0.4, -0.2) is 37.0 Å². The van der Waals surface area contributed by atoms with Gasteiger partial charge in [0.25, 0.3) is 5.91 Å². The van der Waals surface area contributed by atoms with E-state index in [2.05, 4.69) is 17.3 Å². The molecule has 1 aromatic rings. The van der Waals surface area contributed by atoms with E-state index < -0.39 is 0 Å². The fraction of sp³-hybridized carbons (Fsp3) is 0.588. The molecule has 0 radical (unpaired) electrons. The predicted molar refractivity (Wildman–Crippen MR) is 87.3 cm³/mol. The van der Waals surface area contributed by atoms with Crippen molar-refractivity contribution in [3.8, 4) is 0 Å². The van der Waals surface area contributed by atoms with E-state index in [4.69, 9.17) is 5.73 Å². The number of nitrogen functional groups attached to an aromatic ring is 1. The first-order chi connectivity index (χ1) is 10.2. The van der Waals surface area contributed by atoms with Crippen molar-refractivity contribution < 1.29 is 4.79 Å². The summed E-state index contributed by atoms with van der Waals surface area (Å²) in [6, 6.07) is 7.78. The van der Waals surface area contributed by atoms with E-state index in [-0.39, 0.29) is 5.91 Å². The molecule has 4 nitrogen and oxygen atoms in total. The van der Waals surface area contributed by atoms with Crippen LogP contribution in [0.3, 0.4) is 0 Å². The average Bonchev–Trinajstić information content (AvgIpc) is 2.52. The zero-order valence-electron chi connectivity index (χ0n) is 13.0. The smallest absolute Gasteiger partial charge is 0.251 e. The summed E-state index contributed by atoms with van der Waals surface area (Å²) in [5, 5.41) is 2.97. The van der Waals surface area contributed by atoms with E-state index in [0.717, 1.165) is 25.6 Å². The molecule has 0 spiro atoms. The summed E-state index contributed by atoms with van der Waals surface area (Å²) in [6.07, 6.45) is 7.77. The SMILES string of the molecule is CN(CCCNC(=O)c1ccc(N)cc1)C1CCCCC1. The average molecular weight is 289 g/mol. The molecule has 4 heteroatoms. The van der Waals surface area contributed by atoms with Crippen LogP contribution in [0.1, 0.15) is 48.9 Å². The molecule has 3 N–H and O–H groups in total. The van der Waals surface area contributed by atoms with Crippen molar-refractivity contribution >= 4 is 11.6 Å². The highest BCUT2D eigenvalue weighted by Gasteiger charge is 2.17. The van der Waals surface area contributed by atoms with Gasteiger partial charge >= 0.3 is 0 Å². The summed E-state index contributed by atoms with van der Waals surface area (Å²) in [5.74, 6) is -0.0182. The molecule has 1 fully saturated rings. The summed E-state index contributed by atoms with van der Waals surface area (Å²) >= 11 is 0. The van der Waals surface area contributed by atoms with Gasteiger partial charge in [0, 0.05) is 23.8 Å². The van der Waals surface area contributed by atoms with Gasteiger partial charge < -0.3 is 16.0 Å². The van der Waals surface area contributed by atoms with Crippen LogP contribution < -0.4 is 11.1 Å². The minimum atomic E-state index is -0.0182. The molecule has 1 amide bonds. The molecule has 0 heterocycles. The zero-order valence-corrected chi connectivity index (χ0v) is 13.0. The Balaban J connectivity index is 1.64. The lowest BCUT2D eigenvalue weighted by Gasteiger charge is -2.31. The van der Waals surface area contributed by atoms with E-state index in [9.17, 15) is 4.79 Å². The minimum Gasteiger partial charge on any atom is -0.399 e. The minimum absolute atomic E-state index is 0.0182. The van der Waals surface area contributed by atoms with Gasteiger partial charge in [-0.1, -0.05) is 19.3 Å². The van der Waals surface area contributed by atoms with Crippen LogP contribution in [0.25, 0.3) is 0 Å². The van der Waals surface area contributed by atoms with Gasteiger partial charge in [-0.25, -0.2) is 0 Å². The maximum absolute atomic E-state index is 11.9. The zero-order chi connectivity index (χ0) is 15.1. The Bertz CT molecular complexity index is 438. The highest BCUT2D eigenvalue weighted by Crippen LogP contribution is 2.21. The van der Waals surface area contributed by atoms with Crippen LogP contribution in [0.2, 0.25) is 0 Å². The second-order valence-corrected chi connectivity index (χ2v) is 6.00. The number of anilines is 1. The molecule has 116 valence electrons. The van der Waals surface area contributed by atoms with Crippen LogP contribution in [0.5, 0.6) is 0 Å². The number of nitrogens with zero attached hydrogens (tertiary/aromatic N) is 1. The first-order valence-corrected chi connectivity index (χ1v) is 8.01. The molecule has 0 saturated heterocycles. The molecule has 0 unspecified atom stereocenters. The standard InChI is InChI=1S/C17H27N3O/c1-20(16-6-3-2-4-7-16)13-5-12-19-17(21)14-8-10-15(18)11-9-14/h8-11,16H,2-7,12-13,18H2,1H3,(H,19,21). The summed E-state index contributed by atoms with van der Waals surface area (Å²) in [6.45, 7) is 1.77. The maximum Gasteiger partial charge on any atom is 0.251 e. The van der Waals surface area contributed by atoms with E-state index in [1.807, 2.05) is 0 Å². The number of hydrogen-bond donors (Lipinski definition) is 2. The van der Waals surface area contributed by atoms with Gasteiger partial charge in [-0.15, -0.1) is 0 Å². The second kappa shape index (κ2) is 8.03. The molecule has 1 saturated carbocycles. The third-order valence-corrected chi connectivity index (χ3v) is 4.34. The fourth-order valence-corrected chi connectivity index (χ4v) is 2.97. The molecule has 0 aromatic heterocycles. The number of rotatable bonds is 6. The Morgan fingerprint density at radius 3 is 2.57 bits per heavy atom. The first kappa shape index (κ1) is 15.8. The highest BCUT2D eigenvalue weighted by molar-refractivity contribution is 5.94. The lowest BCUT2D eigenvalue weighted by molar-refractivity contribution is 0.0950. The Labute approximate surface area is 127 Å². The molecule has 1 aliphatic rings. The highest BCUT2D eigenvalue weighted by atomic mass is 16.1. The van der Waals surface area contributed by atoms with Gasteiger partial charge in [0.2, 0.25) is 0 Å². The fourth-order valence-electron chi connectivity index (χ4n) is 2.97. The van der Waals surface area contributed by atoms with Crippen LogP contribution in [-0.2, 0) is 0 Å². The molecular formula is C17H27N3O. The Morgan fingerprint density at radius 2 is 1.90 bits per heavy atom. The number of carbonyl (C=O) groups excluding carboxylic acids is 1. The van der Waals surface area contributed by atoms with E-state index >= 15 is 0 Å². The van der Waals surface area contributed by atoms with Gasteiger partial charge in [0.1, 0.15) is 0 Å². The third-order valence-electron chi connectivity index (χ3n) is 4.34. The van der Waals surface area contributed by atoms with E-state index in [1.165, 1.54) is 32.1 Å². The number of hydrogen-bond acceptors (Lipinski definition) is 3. The largest absolute Gasteiger partial charge is 0.399 e. The van der Waals surface area contributed by atoms with Gasteiger partial charge in [-0.2, -0.15) is 0 Å². The van der Waals surface area contributed by atoms with Crippen molar-refractivity contribution in [2.24, 2.45) is 0 Å². The second-order valence-electron chi connectivity index (χ2n) is 6.00. The van der Waals surface area contributed by atoms with Gasteiger partial charge in [0.15, 0.2) is 0 Å². The number of nitrogens with one attached hydrogen (secondary N) is 1. The molecule has 0 aliphatic heterocycles. The van der Waals surface area contributed by atoms with Crippen molar-refractivity contribution in [3.05, 3.63) is 29.8 Å². The Hall–Kier alpha value is -1.55. The molecule has 1 aliphatic carbocycles. The van der Waals surface area contributed by atoms with Crippen LogP contribution >= 0.6 is 0 Å². The normalized spacial score (nSPS) is 16.1. The van der Waals surface area contributed by atoms with Gasteiger partial charge in [0.05, 0.1) is 0 Å². The molecule has 21 heavy (non-hydrogen) atoms. The summed E-state index contributed by atoms with van der Waals surface area (Å²) in [4.78, 5) is 14.4. The summed E-state index contributed by atoms with van der Waals surface area (Å²) < 4.78 is 0. The number of nitrogens with two attached hydrogens (primary N) is 1. The monoisotopic (exact) mass is 289 g/mol. The molecular weight excluding hydrogens is 262 g/mol. The molecule has 1 aromatic carbocycles. The quantitative estimate of drug-likeness (QED) is 0.625. The van der Waals surface area contributed by atoms with Gasteiger partial charge in [-0.3, -0.25) is 4.79 Å². The lowest BCUT2D eigenvalue weighted by Crippen LogP contribution is -2.35. The van der Waals surface area contributed by atoms with Crippen LogP contribution in [0.15, 0.2) is 24.3 Å². The number of amides is 1. The number of benzene rings is 1. The Morgan fingerprint density at radius 1 is 1.24 bits per heavy atom. The summed E-state index contributed by atoms with van der Waals surface area (Å²) in [7, 11) is 2.21. The predicted octanol–water partition coefficient (Wildman–Crippen LogP) is 2.65. The maximum atomic E-state index is 11.9. The third kappa shape index (κ3) is 5.05. The molecule has 0 atom stereocenters. The van der Waals surface area contributed by atoms with Crippen LogP contribution in [0.4, 0.5) is 5.69 Å². The number of carbonyl (C=O) groups is 1.